The third-order valence-electron chi connectivity index (χ3n) is 14.5. The number of carboxylic acids is 1. The van der Waals surface area contributed by atoms with E-state index in [0.29, 0.717) is 0 Å². The smallest absolute Gasteiger partial charge is 0.475 e. The van der Waals surface area contributed by atoms with Gasteiger partial charge in [-0.2, -0.15) is 13.2 Å². The van der Waals surface area contributed by atoms with Gasteiger partial charge in [0.15, 0.2) is 53.6 Å². The minimum absolute atomic E-state index is 0.000737. The number of nitrogens with one attached hydrogen (secondary N) is 9. The van der Waals surface area contributed by atoms with E-state index < -0.39 is 126 Å². The molecule has 0 bridgehead atoms. The van der Waals surface area contributed by atoms with Crippen molar-refractivity contribution < 1.29 is 71.0 Å². The molecule has 0 heterocycles. The van der Waals surface area contributed by atoms with E-state index in [4.69, 9.17) is 119 Å². The molecule has 52 heteroatoms. The summed E-state index contributed by atoms with van der Waals surface area (Å²) in [6, 6.07) is -13.0. The number of alkyl halides is 3. The molecular formula is C58H114F3N37O12. The summed E-state index contributed by atoms with van der Waals surface area (Å²) in [7, 11) is 0. The molecule has 0 saturated carbocycles. The summed E-state index contributed by atoms with van der Waals surface area (Å²) in [5, 5.41) is 30.7. The molecule has 624 valence electrons. The van der Waals surface area contributed by atoms with Crippen LogP contribution in [0.4, 0.5) is 13.2 Å². The van der Waals surface area contributed by atoms with Gasteiger partial charge in [-0.3, -0.25) is 92.9 Å². The highest BCUT2D eigenvalue weighted by molar-refractivity contribution is 5.99. The molecule has 0 radical (unpaired) electrons. The molecule has 0 aromatic rings. The largest absolute Gasteiger partial charge is 0.490 e. The number of halogens is 3. The zero-order chi connectivity index (χ0) is 84.1. The molecule has 0 unspecified atom stereocenters. The van der Waals surface area contributed by atoms with Crippen molar-refractivity contribution in [1.29, 1.82) is 0 Å². The Morgan fingerprint density at radius 2 is 0.373 bits per heavy atom. The van der Waals surface area contributed by atoms with Gasteiger partial charge in [0, 0.05) is 65.8 Å². The van der Waals surface area contributed by atoms with Crippen molar-refractivity contribution in [2.75, 3.05) is 58.9 Å². The van der Waals surface area contributed by atoms with Crippen molar-refractivity contribution in [2.24, 2.45) is 154 Å². The summed E-state index contributed by atoms with van der Waals surface area (Å²) in [5.41, 5.74) is 105. The highest BCUT2D eigenvalue weighted by Crippen LogP contribution is 2.14. The number of rotatable bonds is 54. The SMILES string of the molecule is CC(=O)N[C@H](CCCN=C(N)N)C(=O)N[C@H](CCCN=C(N)N)C(=O)N[C@H](CCCN=C(N)N)C(=O)N[C@H](CCCN=C(N)N)C(=O)N[C@H](CCCN=C(N)N)C(=O)N[C@H](CCCN=C(N)N)C(=O)N[C@H](CCCN=C(N)N)C(=O)N[C@H](CCCN=C(N)N)C(=O)N[C@H](CCCN=C(N)N)C(N)=O.O=C(O)C(F)(F)F. The van der Waals surface area contributed by atoms with Crippen molar-refractivity contribution in [1.82, 2.24) is 47.9 Å². The average Bonchev–Trinajstić information content (AvgIpc) is 0.860. The summed E-state index contributed by atoms with van der Waals surface area (Å²) >= 11 is 0. The van der Waals surface area contributed by atoms with E-state index >= 15 is 0 Å². The predicted molar refractivity (Wildman–Crippen MR) is 405 cm³/mol. The first-order chi connectivity index (χ1) is 51.5. The van der Waals surface area contributed by atoms with Gasteiger partial charge in [0.2, 0.25) is 59.1 Å². The first-order valence-corrected chi connectivity index (χ1v) is 34.2. The maximum atomic E-state index is 14.9. The Hall–Kier alpha value is -12.6. The van der Waals surface area contributed by atoms with Gasteiger partial charge in [0.1, 0.15) is 54.4 Å². The summed E-state index contributed by atoms with van der Waals surface area (Å²) in [6.45, 7) is 1.03. The van der Waals surface area contributed by atoms with Gasteiger partial charge in [-0.05, 0) is 116 Å². The number of hydrogen-bond acceptors (Lipinski definition) is 20. The lowest BCUT2D eigenvalue weighted by atomic mass is 10.0. The van der Waals surface area contributed by atoms with Crippen LogP contribution in [0.5, 0.6) is 0 Å². The average molecular weight is 1580 g/mol. The van der Waals surface area contributed by atoms with Crippen LogP contribution < -0.4 is 157 Å². The van der Waals surface area contributed by atoms with Crippen LogP contribution >= 0.6 is 0 Å². The van der Waals surface area contributed by atoms with Crippen molar-refractivity contribution >= 4 is 119 Å². The van der Waals surface area contributed by atoms with E-state index in [-0.39, 0.29) is 228 Å². The normalized spacial score (nSPS) is 13.1. The van der Waals surface area contributed by atoms with Gasteiger partial charge in [-0.15, -0.1) is 0 Å². The maximum absolute atomic E-state index is 14.9. The van der Waals surface area contributed by atoms with Crippen LogP contribution in [0.15, 0.2) is 44.9 Å². The van der Waals surface area contributed by atoms with Gasteiger partial charge in [0.25, 0.3) is 0 Å². The standard InChI is InChI=1S/C56H113N37O10.C2HF3O2/c1-29(94)85-31(12-3-21-77-49(60)61)40(96)87-33(14-5-23-79-51(64)65)42(98)89-35(16-7-25-81-53(68)69)44(100)91-37(18-9-27-83-55(72)73)46(102)93-38(19-10-28-84-56(74)75)47(103)92-36(17-8-26-82-54(70)71)45(101)90-34(15-6-24-80-52(66)67)43(99)88-32(13-4-22-78-50(62)63)41(97)86-30(39(57)95)11-2-20-76-48(58)59;3-2(4,5)1(6)7/h30-38H,2-28H2,1H3,(H2,57,95)(H,85,94)(H,86,97)(H,87,96)(H,88,99)(H,89,98)(H,90,101)(H,91,100)(H,92,103)(H,93,102)(H4,58,59,76)(H4,60,61,77)(H4,62,63,78)(H4,64,65,79)(H4,66,67,80)(H4,68,69,81)(H4,70,71,82)(H4,72,73,83)(H4,74,75,84);(H,6,7)/t30-,31-,32-,33-,34-,35-,36-,37-,38-;/m1./s1. The molecule has 10 amide bonds. The number of carbonyl (C=O) groups is 11. The molecule has 0 aliphatic heterocycles. The first-order valence-electron chi connectivity index (χ1n) is 34.2. The highest BCUT2D eigenvalue weighted by atomic mass is 19.4. The van der Waals surface area contributed by atoms with Crippen LogP contribution in [0.25, 0.3) is 0 Å². The molecule has 49 nitrogen and oxygen atoms in total. The summed E-state index contributed by atoms with van der Waals surface area (Å²) < 4.78 is 31.7. The summed E-state index contributed by atoms with van der Waals surface area (Å²) in [4.78, 5) is 185. The van der Waals surface area contributed by atoms with Crippen molar-refractivity contribution in [3.63, 3.8) is 0 Å². The number of primary amides is 1. The van der Waals surface area contributed by atoms with Crippen LogP contribution in [0.3, 0.4) is 0 Å². The number of amides is 10. The number of hydrogen-bond donors (Lipinski definition) is 29. The fourth-order valence-corrected chi connectivity index (χ4v) is 9.39. The monoisotopic (exact) mass is 1580 g/mol. The Labute approximate surface area is 631 Å². The van der Waals surface area contributed by atoms with Crippen LogP contribution in [0, 0.1) is 0 Å². The highest BCUT2D eigenvalue weighted by Gasteiger charge is 2.39. The fraction of sp³-hybridized carbons (Fsp3) is 0.655. The molecule has 0 aliphatic carbocycles. The lowest BCUT2D eigenvalue weighted by Gasteiger charge is -2.28. The molecule has 48 N–H and O–H groups in total. The fourth-order valence-electron chi connectivity index (χ4n) is 9.39. The van der Waals surface area contributed by atoms with Gasteiger partial charge in [-0.25, -0.2) is 4.79 Å². The Balaban J connectivity index is 0. The Morgan fingerprint density at radius 1 is 0.255 bits per heavy atom. The van der Waals surface area contributed by atoms with Gasteiger partial charge in [0.05, 0.1) is 0 Å². The number of nitrogens with two attached hydrogens (primary N) is 19. The Bertz CT molecular complexity index is 3210. The third-order valence-corrected chi connectivity index (χ3v) is 14.5. The van der Waals surface area contributed by atoms with Crippen molar-refractivity contribution in [3.05, 3.63) is 0 Å². The van der Waals surface area contributed by atoms with Crippen molar-refractivity contribution in [2.45, 2.75) is 183 Å². The third kappa shape index (κ3) is 51.6. The van der Waals surface area contributed by atoms with Gasteiger partial charge in [-0.1, -0.05) is 0 Å². The molecule has 0 spiro atoms. The van der Waals surface area contributed by atoms with Crippen LogP contribution in [-0.2, 0) is 52.7 Å². The molecule has 0 aliphatic rings. The Kier molecular flexibility index (Phi) is 50.4. The number of carboxylic acid groups (broad SMARTS) is 1. The van der Waals surface area contributed by atoms with Crippen LogP contribution in [0.1, 0.15) is 122 Å². The molecular weight excluding hydrogens is 1460 g/mol. The van der Waals surface area contributed by atoms with E-state index in [9.17, 15) is 61.1 Å². The lowest BCUT2D eigenvalue weighted by molar-refractivity contribution is -0.192. The Morgan fingerprint density at radius 3 is 0.482 bits per heavy atom. The first kappa shape index (κ1) is 99.4. The summed E-state index contributed by atoms with van der Waals surface area (Å²) in [5.74, 6) is -14.1. The number of nitrogens with zero attached hydrogens (tertiary/aromatic N) is 9. The second-order valence-electron chi connectivity index (χ2n) is 24.0. The second kappa shape index (κ2) is 55.8. The van der Waals surface area contributed by atoms with Crippen LogP contribution in [-0.4, -0.2) is 243 Å². The number of guanidine groups is 9. The van der Waals surface area contributed by atoms with E-state index in [0.717, 1.165) is 0 Å². The van der Waals surface area contributed by atoms with Crippen molar-refractivity contribution in [3.8, 4) is 0 Å². The van der Waals surface area contributed by atoms with E-state index in [1.54, 1.807) is 0 Å². The number of aliphatic imine (C=N–C) groups is 9. The number of aliphatic carboxylic acids is 1. The van der Waals surface area contributed by atoms with Gasteiger partial charge < -0.3 is 162 Å². The summed E-state index contributed by atoms with van der Waals surface area (Å²) in [6.07, 6.45) is -5.61. The van der Waals surface area contributed by atoms with Crippen LogP contribution in [0.2, 0.25) is 0 Å². The zero-order valence-corrected chi connectivity index (χ0v) is 61.4. The number of carbonyl (C=O) groups excluding carboxylic acids is 10. The molecule has 0 saturated heterocycles. The van der Waals surface area contributed by atoms with E-state index in [1.807, 2.05) is 0 Å². The lowest BCUT2D eigenvalue weighted by Crippen LogP contribution is -2.60. The minimum atomic E-state index is -5.08. The van der Waals surface area contributed by atoms with Gasteiger partial charge >= 0.3 is 12.1 Å². The quantitative estimate of drug-likeness (QED) is 0.0153. The molecule has 0 aromatic carbocycles. The topological polar surface area (TPSA) is 922 Å². The van der Waals surface area contributed by atoms with E-state index in [1.165, 1.54) is 6.92 Å². The van der Waals surface area contributed by atoms with E-state index in [2.05, 4.69) is 92.8 Å². The molecule has 110 heavy (non-hydrogen) atoms. The molecule has 0 rings (SSSR count). The molecule has 9 atom stereocenters. The molecule has 0 fully saturated rings. The molecule has 0 aromatic heterocycles. The maximum Gasteiger partial charge on any atom is 0.490 e. The zero-order valence-electron chi connectivity index (χ0n) is 61.4. The second-order valence-corrected chi connectivity index (χ2v) is 24.0. The predicted octanol–water partition coefficient (Wildman–Crippen LogP) is -13.0. The minimum Gasteiger partial charge on any atom is -0.475 e.